The van der Waals surface area contributed by atoms with E-state index in [0.717, 1.165) is 43.2 Å². The highest BCUT2D eigenvalue weighted by Gasteiger charge is 2.50. The first-order valence-electron chi connectivity index (χ1n) is 11.6. The first-order chi connectivity index (χ1) is 16.0. The molecule has 7 heteroatoms. The number of fused-ring (bicyclic) bond motifs is 1. The van der Waals surface area contributed by atoms with Crippen molar-refractivity contribution in [2.24, 2.45) is 5.41 Å². The maximum atomic E-state index is 14.7. The Morgan fingerprint density at radius 1 is 1.24 bits per heavy atom. The zero-order valence-electron chi connectivity index (χ0n) is 18.8. The molecule has 1 aliphatic carbocycles. The molecule has 0 unspecified atom stereocenters. The Hall–Kier alpha value is -3.06. The molecule has 6 nitrogen and oxygen atoms in total. The second-order valence-electron chi connectivity index (χ2n) is 9.41. The molecule has 3 aromatic rings. The van der Waals surface area contributed by atoms with Gasteiger partial charge in [0, 0.05) is 31.5 Å². The fourth-order valence-corrected chi connectivity index (χ4v) is 5.27. The number of rotatable bonds is 6. The van der Waals surface area contributed by atoms with Gasteiger partial charge in [-0.3, -0.25) is 9.59 Å². The average molecular weight is 450 g/mol. The van der Waals surface area contributed by atoms with Gasteiger partial charge in [0.25, 0.3) is 11.5 Å². The van der Waals surface area contributed by atoms with E-state index in [1.807, 2.05) is 12.1 Å². The third-order valence-electron chi connectivity index (χ3n) is 7.01. The fraction of sp³-hybridized carbons (Fsp3) is 0.423. The number of nitrogens with zero attached hydrogens (tertiary/aromatic N) is 2. The van der Waals surface area contributed by atoms with Gasteiger partial charge in [0.1, 0.15) is 5.82 Å². The number of ether oxygens (including phenoxy) is 1. The zero-order valence-corrected chi connectivity index (χ0v) is 18.8. The van der Waals surface area contributed by atoms with E-state index in [-0.39, 0.29) is 22.4 Å². The summed E-state index contributed by atoms with van der Waals surface area (Å²) in [6.45, 7) is 4.19. The Morgan fingerprint density at radius 3 is 2.82 bits per heavy atom. The molecule has 1 aromatic heterocycles. The van der Waals surface area contributed by atoms with Crippen molar-refractivity contribution in [2.45, 2.75) is 45.1 Å². The lowest BCUT2D eigenvalue weighted by Crippen LogP contribution is -2.45. The standard InChI is InChI=1S/C26H28FN3O3/c1-2-11-33-18-14-26(15-18)9-10-30(16-26)25(32)21-12-17(7-8-22(21)27)13-23-19-5-3-4-6-20(19)24(31)29-28-23/h3-8,12,18H,2,9-11,13-16H2,1H3,(H,29,31). The summed E-state index contributed by atoms with van der Waals surface area (Å²) >= 11 is 0. The predicted molar refractivity (Wildman–Crippen MR) is 124 cm³/mol. The zero-order chi connectivity index (χ0) is 23.0. The maximum Gasteiger partial charge on any atom is 0.272 e. The molecule has 1 saturated heterocycles. The Morgan fingerprint density at radius 2 is 2.03 bits per heavy atom. The van der Waals surface area contributed by atoms with Gasteiger partial charge in [-0.15, -0.1) is 0 Å². The molecular formula is C26H28FN3O3. The minimum Gasteiger partial charge on any atom is -0.378 e. The summed E-state index contributed by atoms with van der Waals surface area (Å²) in [6, 6.07) is 11.9. The van der Waals surface area contributed by atoms with Crippen molar-refractivity contribution in [3.05, 3.63) is 75.5 Å². The van der Waals surface area contributed by atoms with Crippen LogP contribution in [0.3, 0.4) is 0 Å². The number of benzene rings is 2. The van der Waals surface area contributed by atoms with Crippen LogP contribution < -0.4 is 5.56 Å². The first-order valence-corrected chi connectivity index (χ1v) is 11.6. The molecule has 2 aliphatic rings. The van der Waals surface area contributed by atoms with Gasteiger partial charge in [0.2, 0.25) is 0 Å². The van der Waals surface area contributed by atoms with Gasteiger partial charge in [-0.05, 0) is 54.9 Å². The Balaban J connectivity index is 1.32. The lowest BCUT2D eigenvalue weighted by Gasteiger charge is -2.44. The Kier molecular flexibility index (Phi) is 5.74. The molecule has 0 atom stereocenters. The summed E-state index contributed by atoms with van der Waals surface area (Å²) in [5.41, 5.74) is 1.43. The van der Waals surface area contributed by atoms with Gasteiger partial charge in [-0.25, -0.2) is 9.49 Å². The number of carbonyl (C=O) groups is 1. The lowest BCUT2D eigenvalue weighted by atomic mass is 9.66. The molecule has 172 valence electrons. The van der Waals surface area contributed by atoms with Crippen LogP contribution in [0.2, 0.25) is 0 Å². The number of hydrogen-bond acceptors (Lipinski definition) is 4. The molecule has 2 aromatic carbocycles. The molecule has 2 fully saturated rings. The third-order valence-corrected chi connectivity index (χ3v) is 7.01. The third kappa shape index (κ3) is 4.17. The van der Waals surface area contributed by atoms with Crippen molar-refractivity contribution in [3.63, 3.8) is 0 Å². The van der Waals surface area contributed by atoms with Crippen molar-refractivity contribution in [3.8, 4) is 0 Å². The largest absolute Gasteiger partial charge is 0.378 e. The Labute approximate surface area is 191 Å². The summed E-state index contributed by atoms with van der Waals surface area (Å²) in [7, 11) is 0. The van der Waals surface area contributed by atoms with Crippen molar-refractivity contribution in [1.29, 1.82) is 0 Å². The molecular weight excluding hydrogens is 421 g/mol. The van der Waals surface area contributed by atoms with Crippen LogP contribution in [0.4, 0.5) is 4.39 Å². The average Bonchev–Trinajstić information content (AvgIpc) is 3.25. The van der Waals surface area contributed by atoms with Crippen LogP contribution in [-0.2, 0) is 11.2 Å². The van der Waals surface area contributed by atoms with E-state index in [2.05, 4.69) is 17.1 Å². The normalized spacial score (nSPS) is 22.1. The van der Waals surface area contributed by atoms with Crippen LogP contribution in [-0.4, -0.2) is 46.8 Å². The number of H-pyrrole nitrogens is 1. The minimum atomic E-state index is -0.512. The van der Waals surface area contributed by atoms with Gasteiger partial charge in [-0.2, -0.15) is 5.10 Å². The molecule has 5 rings (SSSR count). The van der Waals surface area contributed by atoms with Gasteiger partial charge in [0.15, 0.2) is 0 Å². The van der Waals surface area contributed by atoms with Crippen LogP contribution >= 0.6 is 0 Å². The maximum absolute atomic E-state index is 14.7. The monoisotopic (exact) mass is 449 g/mol. The number of aromatic nitrogens is 2. The highest BCUT2D eigenvalue weighted by molar-refractivity contribution is 5.95. The molecule has 2 heterocycles. The van der Waals surface area contributed by atoms with E-state index >= 15 is 0 Å². The molecule has 0 radical (unpaired) electrons. The highest BCUT2D eigenvalue weighted by Crippen LogP contribution is 2.49. The number of nitrogens with one attached hydrogen (secondary N) is 1. The smallest absolute Gasteiger partial charge is 0.272 e. The van der Waals surface area contributed by atoms with Gasteiger partial charge in [0.05, 0.1) is 22.7 Å². The number of aromatic amines is 1. The van der Waals surface area contributed by atoms with Gasteiger partial charge >= 0.3 is 0 Å². The van der Waals surface area contributed by atoms with E-state index in [0.29, 0.717) is 36.7 Å². The molecule has 0 bridgehead atoms. The highest BCUT2D eigenvalue weighted by atomic mass is 19.1. The van der Waals surface area contributed by atoms with Crippen LogP contribution in [0.15, 0.2) is 47.3 Å². The number of hydrogen-bond donors (Lipinski definition) is 1. The first kappa shape index (κ1) is 21.8. The molecule has 1 amide bonds. The predicted octanol–water partition coefficient (Wildman–Crippen LogP) is 4.07. The Bertz CT molecular complexity index is 1250. The molecule has 1 saturated carbocycles. The summed E-state index contributed by atoms with van der Waals surface area (Å²) in [5.74, 6) is -0.773. The second kappa shape index (κ2) is 8.71. The second-order valence-corrected chi connectivity index (χ2v) is 9.41. The molecule has 1 N–H and O–H groups in total. The van der Waals surface area contributed by atoms with Crippen molar-refractivity contribution in [1.82, 2.24) is 15.1 Å². The van der Waals surface area contributed by atoms with Crippen LogP contribution in [0.25, 0.3) is 10.8 Å². The number of likely N-dealkylation sites (tertiary alicyclic amines) is 1. The van der Waals surface area contributed by atoms with Crippen LogP contribution in [0.1, 0.15) is 54.2 Å². The quantitative estimate of drug-likeness (QED) is 0.616. The van der Waals surface area contributed by atoms with E-state index < -0.39 is 5.82 Å². The van der Waals surface area contributed by atoms with E-state index in [1.165, 1.54) is 6.07 Å². The van der Waals surface area contributed by atoms with Crippen molar-refractivity contribution in [2.75, 3.05) is 19.7 Å². The topological polar surface area (TPSA) is 75.3 Å². The lowest BCUT2D eigenvalue weighted by molar-refractivity contribution is -0.0748. The van der Waals surface area contributed by atoms with E-state index in [1.54, 1.807) is 29.2 Å². The van der Waals surface area contributed by atoms with E-state index in [4.69, 9.17) is 4.74 Å². The number of amides is 1. The fourth-order valence-electron chi connectivity index (χ4n) is 5.27. The van der Waals surface area contributed by atoms with Crippen molar-refractivity contribution < 1.29 is 13.9 Å². The number of halogens is 1. The summed E-state index contributed by atoms with van der Waals surface area (Å²) in [6.07, 6.45) is 4.58. The minimum absolute atomic E-state index is 0.0939. The number of carbonyl (C=O) groups excluding carboxylic acids is 1. The van der Waals surface area contributed by atoms with E-state index in [9.17, 15) is 14.0 Å². The van der Waals surface area contributed by atoms with Crippen LogP contribution in [0, 0.1) is 11.2 Å². The van der Waals surface area contributed by atoms with Crippen LogP contribution in [0.5, 0.6) is 0 Å². The summed E-state index contributed by atoms with van der Waals surface area (Å²) < 4.78 is 20.5. The summed E-state index contributed by atoms with van der Waals surface area (Å²) in [5, 5.41) is 8.05. The summed E-state index contributed by atoms with van der Waals surface area (Å²) in [4.78, 5) is 27.0. The van der Waals surface area contributed by atoms with Gasteiger partial charge < -0.3 is 9.64 Å². The SMILES string of the molecule is CCCOC1CC2(CCN(C(=O)c3cc(Cc4n[nH]c(=O)c5ccccc45)ccc3F)C2)C1. The molecule has 1 aliphatic heterocycles. The van der Waals surface area contributed by atoms with Gasteiger partial charge in [-0.1, -0.05) is 31.2 Å². The molecule has 33 heavy (non-hydrogen) atoms. The van der Waals surface area contributed by atoms with Crippen molar-refractivity contribution >= 4 is 16.7 Å². The molecule has 1 spiro atoms.